The molecule has 3 aromatic rings. The molecule has 14 heteroatoms. The van der Waals surface area contributed by atoms with E-state index in [1.54, 1.807) is 73.8 Å². The van der Waals surface area contributed by atoms with Gasteiger partial charge in [0.25, 0.3) is 5.91 Å². The van der Waals surface area contributed by atoms with Crippen molar-refractivity contribution in [2.24, 2.45) is 5.73 Å². The lowest BCUT2D eigenvalue weighted by molar-refractivity contribution is -0.152. The maximum Gasteiger partial charge on any atom is 0.251 e. The van der Waals surface area contributed by atoms with Crippen LogP contribution in [0.1, 0.15) is 41.1 Å². The lowest BCUT2D eigenvalue weighted by atomic mass is 10.0. The number of carbonyl (C=O) groups excluding carboxylic acids is 3. The van der Waals surface area contributed by atoms with E-state index in [0.717, 1.165) is 16.0 Å². The minimum atomic E-state index is -3.37. The summed E-state index contributed by atoms with van der Waals surface area (Å²) >= 11 is 1.36. The van der Waals surface area contributed by atoms with Crippen LogP contribution in [0, 0.1) is 5.41 Å². The Morgan fingerprint density at radius 1 is 1.02 bits per heavy atom. The van der Waals surface area contributed by atoms with Crippen LogP contribution in [0.5, 0.6) is 0 Å². The number of amides is 3. The molecule has 0 radical (unpaired) electrons. The summed E-state index contributed by atoms with van der Waals surface area (Å²) in [6, 6.07) is 14.2. The molecule has 1 atom stereocenters. The number of hydrogen-bond donors (Lipinski definition) is 4. The fourth-order valence-corrected chi connectivity index (χ4v) is 7.11. The fraction of sp³-hybridized carbons (Fsp3) is 0.355. The molecule has 3 amide bonds. The SMILES string of the molecule is CC(C)S(=O)(=O)c1ccc(-c2ccc(C(=O)NCC(=O)N3CC4(C[C@H]3C(=O)NCc3cc(C(=N)N)cs3)OCCO4)cc2)cc1. The molecular formula is C31H35N5O7S2. The summed E-state index contributed by atoms with van der Waals surface area (Å²) < 4.78 is 36.4. The summed E-state index contributed by atoms with van der Waals surface area (Å²) in [7, 11) is -3.37. The number of nitrogens with two attached hydrogens (primary N) is 1. The molecule has 5 N–H and O–H groups in total. The maximum absolute atomic E-state index is 13.3. The number of rotatable bonds is 10. The van der Waals surface area contributed by atoms with E-state index in [-0.39, 0.29) is 42.7 Å². The standard InChI is InChI=1S/C31H35N5O7S2/c1-19(2)45(40,41)25-9-7-21(8-10-25)20-3-5-22(6-4-20)29(38)35-16-27(37)36-18-31(42-11-12-43-31)14-26(36)30(39)34-15-24-13-23(17-44-24)28(32)33/h3-10,13,17,19,26H,11-12,14-16,18H2,1-2H3,(H3,32,33)(H,34,39)(H,35,38)/t26-/m0/s1. The van der Waals surface area contributed by atoms with Gasteiger partial charge in [0.05, 0.1) is 43.0 Å². The highest BCUT2D eigenvalue weighted by molar-refractivity contribution is 7.92. The van der Waals surface area contributed by atoms with Crippen molar-refractivity contribution < 1.29 is 32.3 Å². The van der Waals surface area contributed by atoms with Gasteiger partial charge in [-0.3, -0.25) is 19.8 Å². The maximum atomic E-state index is 13.3. The highest BCUT2D eigenvalue weighted by Gasteiger charge is 2.52. The molecule has 3 heterocycles. The summed E-state index contributed by atoms with van der Waals surface area (Å²) in [5.41, 5.74) is 8.03. The third-order valence-electron chi connectivity index (χ3n) is 7.81. The van der Waals surface area contributed by atoms with Crippen molar-refractivity contribution in [2.45, 2.75) is 48.8 Å². The lowest BCUT2D eigenvalue weighted by Gasteiger charge is -2.24. The quantitative estimate of drug-likeness (QED) is 0.190. The molecule has 0 unspecified atom stereocenters. The van der Waals surface area contributed by atoms with Gasteiger partial charge in [0, 0.05) is 27.8 Å². The molecule has 2 aliphatic rings. The highest BCUT2D eigenvalue weighted by Crippen LogP contribution is 2.35. The third-order valence-corrected chi connectivity index (χ3v) is 10.9. The molecule has 0 aliphatic carbocycles. The van der Waals surface area contributed by atoms with Crippen LogP contribution in [0.3, 0.4) is 0 Å². The Hall–Kier alpha value is -4.11. The molecule has 2 saturated heterocycles. The van der Waals surface area contributed by atoms with Crippen molar-refractivity contribution in [1.29, 1.82) is 5.41 Å². The van der Waals surface area contributed by atoms with E-state index >= 15 is 0 Å². The van der Waals surface area contributed by atoms with Crippen molar-refractivity contribution >= 4 is 44.7 Å². The number of ether oxygens (including phenoxy) is 2. The monoisotopic (exact) mass is 653 g/mol. The topological polar surface area (TPSA) is 181 Å². The average molecular weight is 654 g/mol. The number of nitrogens with one attached hydrogen (secondary N) is 3. The van der Waals surface area contributed by atoms with E-state index < -0.39 is 38.7 Å². The van der Waals surface area contributed by atoms with E-state index in [2.05, 4.69) is 10.6 Å². The largest absolute Gasteiger partial charge is 0.384 e. The normalized spacial score (nSPS) is 17.5. The molecule has 5 rings (SSSR count). The van der Waals surface area contributed by atoms with Crippen molar-refractivity contribution in [3.05, 3.63) is 76.0 Å². The summed E-state index contributed by atoms with van der Waals surface area (Å²) in [5.74, 6) is -2.43. The van der Waals surface area contributed by atoms with Crippen molar-refractivity contribution in [2.75, 3.05) is 26.3 Å². The number of carbonyl (C=O) groups is 3. The van der Waals surface area contributed by atoms with Gasteiger partial charge in [-0.15, -0.1) is 11.3 Å². The Labute approximate surface area is 265 Å². The zero-order valence-electron chi connectivity index (χ0n) is 24.9. The average Bonchev–Trinajstić information content (AvgIpc) is 3.79. The first-order chi connectivity index (χ1) is 21.4. The molecule has 0 saturated carbocycles. The zero-order valence-corrected chi connectivity index (χ0v) is 26.5. The second-order valence-corrected chi connectivity index (χ2v) is 14.7. The van der Waals surface area contributed by atoms with E-state index in [0.29, 0.717) is 24.3 Å². The van der Waals surface area contributed by atoms with Gasteiger partial charge < -0.3 is 30.7 Å². The first-order valence-corrected chi connectivity index (χ1v) is 16.8. The summed E-state index contributed by atoms with van der Waals surface area (Å²) in [6.45, 7) is 3.91. The van der Waals surface area contributed by atoms with Gasteiger partial charge in [-0.25, -0.2) is 8.42 Å². The Morgan fingerprint density at radius 2 is 1.64 bits per heavy atom. The van der Waals surface area contributed by atoms with E-state index in [1.165, 1.54) is 16.2 Å². The Kier molecular flexibility index (Phi) is 9.39. The van der Waals surface area contributed by atoms with Crippen LogP contribution in [0.25, 0.3) is 11.1 Å². The molecule has 2 fully saturated rings. The van der Waals surface area contributed by atoms with Gasteiger partial charge in [-0.1, -0.05) is 24.3 Å². The van der Waals surface area contributed by atoms with E-state index in [1.807, 2.05) is 0 Å². The molecule has 1 spiro atoms. The van der Waals surface area contributed by atoms with Crippen molar-refractivity contribution in [3.8, 4) is 11.1 Å². The van der Waals surface area contributed by atoms with Crippen molar-refractivity contribution in [1.82, 2.24) is 15.5 Å². The van der Waals surface area contributed by atoms with Crippen LogP contribution in [0.4, 0.5) is 0 Å². The first kappa shape index (κ1) is 32.3. The van der Waals surface area contributed by atoms with Crippen LogP contribution in [-0.4, -0.2) is 80.3 Å². The fourth-order valence-electron chi connectivity index (χ4n) is 5.23. The van der Waals surface area contributed by atoms with Crippen LogP contribution in [0.15, 0.2) is 64.9 Å². The van der Waals surface area contributed by atoms with E-state index in [4.69, 9.17) is 20.6 Å². The highest BCUT2D eigenvalue weighted by atomic mass is 32.2. The summed E-state index contributed by atoms with van der Waals surface area (Å²) in [4.78, 5) is 41.9. The van der Waals surface area contributed by atoms with Crippen LogP contribution >= 0.6 is 11.3 Å². The second kappa shape index (κ2) is 13.1. The molecule has 0 bridgehead atoms. The van der Waals surface area contributed by atoms with Gasteiger partial charge in [0.15, 0.2) is 15.6 Å². The zero-order chi connectivity index (χ0) is 32.4. The number of hydrogen-bond acceptors (Lipinski definition) is 9. The van der Waals surface area contributed by atoms with Crippen LogP contribution in [-0.2, 0) is 35.4 Å². The van der Waals surface area contributed by atoms with Crippen LogP contribution < -0.4 is 16.4 Å². The Bertz CT molecular complexity index is 1700. The lowest BCUT2D eigenvalue weighted by Crippen LogP contribution is -2.49. The second-order valence-electron chi connectivity index (χ2n) is 11.2. The van der Waals surface area contributed by atoms with Crippen LogP contribution in [0.2, 0.25) is 0 Å². The molecule has 238 valence electrons. The van der Waals surface area contributed by atoms with Gasteiger partial charge in [0.2, 0.25) is 11.8 Å². The number of likely N-dealkylation sites (tertiary alicyclic amines) is 1. The Morgan fingerprint density at radius 3 is 2.22 bits per heavy atom. The predicted molar refractivity (Wildman–Crippen MR) is 168 cm³/mol. The number of sulfone groups is 1. The number of amidine groups is 1. The van der Waals surface area contributed by atoms with Gasteiger partial charge in [-0.2, -0.15) is 0 Å². The van der Waals surface area contributed by atoms with Gasteiger partial charge in [-0.05, 0) is 55.3 Å². The van der Waals surface area contributed by atoms with Crippen molar-refractivity contribution in [3.63, 3.8) is 0 Å². The number of benzene rings is 2. The molecule has 45 heavy (non-hydrogen) atoms. The summed E-state index contributed by atoms with van der Waals surface area (Å²) in [5, 5.41) is 14.2. The Balaban J connectivity index is 1.20. The third kappa shape index (κ3) is 7.09. The number of nitrogens with zero attached hydrogens (tertiary/aromatic N) is 1. The molecule has 1 aromatic heterocycles. The number of thiophene rings is 1. The first-order valence-electron chi connectivity index (χ1n) is 14.4. The minimum absolute atomic E-state index is 0.0548. The van der Waals surface area contributed by atoms with Gasteiger partial charge in [0.1, 0.15) is 11.9 Å². The molecule has 2 aromatic carbocycles. The van der Waals surface area contributed by atoms with E-state index in [9.17, 15) is 22.8 Å². The molecule has 2 aliphatic heterocycles. The molecular weight excluding hydrogens is 619 g/mol. The summed E-state index contributed by atoms with van der Waals surface area (Å²) in [6.07, 6.45) is 0.160. The number of nitrogen functional groups attached to an aromatic ring is 1. The predicted octanol–water partition coefficient (Wildman–Crippen LogP) is 2.27. The minimum Gasteiger partial charge on any atom is -0.384 e. The smallest absolute Gasteiger partial charge is 0.251 e. The van der Waals surface area contributed by atoms with Gasteiger partial charge >= 0.3 is 0 Å². The molecule has 12 nitrogen and oxygen atoms in total.